The molecule has 2 heterocycles. The van der Waals surface area contributed by atoms with Crippen LogP contribution >= 0.6 is 11.3 Å². The van der Waals surface area contributed by atoms with Crippen molar-refractivity contribution in [3.05, 3.63) is 71.4 Å². The van der Waals surface area contributed by atoms with E-state index in [0.717, 1.165) is 12.1 Å². The molecule has 0 bridgehead atoms. The summed E-state index contributed by atoms with van der Waals surface area (Å²) in [6.07, 6.45) is -1.37. The largest absolute Gasteiger partial charge is 0.416 e. The zero-order chi connectivity index (χ0) is 20.6. The Morgan fingerprint density at radius 2 is 1.86 bits per heavy atom. The van der Waals surface area contributed by atoms with Gasteiger partial charge in [-0.25, -0.2) is 13.4 Å². The molecule has 0 unspecified atom stereocenters. The van der Waals surface area contributed by atoms with Gasteiger partial charge in [-0.15, -0.1) is 11.3 Å². The van der Waals surface area contributed by atoms with Crippen molar-refractivity contribution in [1.82, 2.24) is 14.8 Å². The SMILES string of the molecule is O=S(=O)(Nc1nccs1)c1ccc2c(cnn2Cc2ccc(C(F)(F)F)cc2)c1. The molecule has 0 saturated heterocycles. The molecule has 150 valence electrons. The minimum Gasteiger partial charge on any atom is -0.260 e. The quantitative estimate of drug-likeness (QED) is 0.502. The predicted octanol–water partition coefficient (Wildman–Crippen LogP) is 4.36. The number of fused-ring (bicyclic) bond motifs is 1. The zero-order valence-electron chi connectivity index (χ0n) is 14.6. The molecule has 0 aliphatic carbocycles. The van der Waals surface area contributed by atoms with Crippen molar-refractivity contribution in [2.45, 2.75) is 17.6 Å². The Labute approximate surface area is 167 Å². The summed E-state index contributed by atoms with van der Waals surface area (Å²) in [4.78, 5) is 3.97. The number of alkyl halides is 3. The van der Waals surface area contributed by atoms with Crippen molar-refractivity contribution in [3.63, 3.8) is 0 Å². The van der Waals surface area contributed by atoms with Crippen LogP contribution in [0.5, 0.6) is 0 Å². The minimum atomic E-state index is -4.38. The van der Waals surface area contributed by atoms with E-state index in [1.807, 2.05) is 0 Å². The number of sulfonamides is 1. The maximum absolute atomic E-state index is 12.7. The van der Waals surface area contributed by atoms with Crippen LogP contribution < -0.4 is 4.72 Å². The van der Waals surface area contributed by atoms with Crippen molar-refractivity contribution < 1.29 is 21.6 Å². The summed E-state index contributed by atoms with van der Waals surface area (Å²) in [6, 6.07) is 9.39. The van der Waals surface area contributed by atoms with E-state index in [2.05, 4.69) is 14.8 Å². The van der Waals surface area contributed by atoms with Crippen LogP contribution in [-0.4, -0.2) is 23.2 Å². The number of rotatable bonds is 5. The average Bonchev–Trinajstić information content (AvgIpc) is 3.31. The fraction of sp³-hybridized carbons (Fsp3) is 0.111. The van der Waals surface area contributed by atoms with Crippen molar-refractivity contribution in [1.29, 1.82) is 0 Å². The first-order chi connectivity index (χ1) is 13.7. The molecule has 0 fully saturated rings. The third-order valence-corrected chi connectivity index (χ3v) is 6.35. The highest BCUT2D eigenvalue weighted by molar-refractivity contribution is 7.93. The van der Waals surface area contributed by atoms with Crippen LogP contribution in [0, 0.1) is 0 Å². The molecule has 29 heavy (non-hydrogen) atoms. The van der Waals surface area contributed by atoms with E-state index in [1.165, 1.54) is 48.0 Å². The fourth-order valence-electron chi connectivity index (χ4n) is 2.78. The van der Waals surface area contributed by atoms with Crippen LogP contribution in [0.3, 0.4) is 0 Å². The van der Waals surface area contributed by atoms with Crippen LogP contribution in [0.2, 0.25) is 0 Å². The molecule has 1 N–H and O–H groups in total. The van der Waals surface area contributed by atoms with Gasteiger partial charge in [0, 0.05) is 17.0 Å². The van der Waals surface area contributed by atoms with Gasteiger partial charge in [0.2, 0.25) is 0 Å². The fourth-order valence-corrected chi connectivity index (χ4v) is 4.60. The second-order valence-electron chi connectivity index (χ2n) is 6.16. The lowest BCUT2D eigenvalue weighted by atomic mass is 10.1. The van der Waals surface area contributed by atoms with Gasteiger partial charge >= 0.3 is 6.18 Å². The van der Waals surface area contributed by atoms with Gasteiger partial charge in [0.05, 0.1) is 28.7 Å². The summed E-state index contributed by atoms with van der Waals surface area (Å²) in [6.45, 7) is 0.255. The summed E-state index contributed by atoms with van der Waals surface area (Å²) < 4.78 is 67.0. The van der Waals surface area contributed by atoms with Gasteiger partial charge in [0.1, 0.15) is 0 Å². The van der Waals surface area contributed by atoms with Gasteiger partial charge in [-0.3, -0.25) is 9.40 Å². The number of anilines is 1. The molecule has 0 amide bonds. The number of hydrogen-bond donors (Lipinski definition) is 1. The maximum atomic E-state index is 12.7. The molecule has 0 aliphatic rings. The summed E-state index contributed by atoms with van der Waals surface area (Å²) in [5.41, 5.74) is 0.595. The van der Waals surface area contributed by atoms with E-state index in [9.17, 15) is 21.6 Å². The standard InChI is InChI=1S/C18H13F3N4O2S2/c19-18(20,21)14-3-1-12(2-4-14)11-25-16-6-5-15(9-13(16)10-23-25)29(26,27)24-17-22-7-8-28-17/h1-10H,11H2,(H,22,24). The van der Waals surface area contributed by atoms with Crippen LogP contribution in [0.1, 0.15) is 11.1 Å². The number of benzene rings is 2. The first-order valence-electron chi connectivity index (χ1n) is 8.26. The normalized spacial score (nSPS) is 12.4. The number of hydrogen-bond acceptors (Lipinski definition) is 5. The van der Waals surface area contributed by atoms with Crippen LogP contribution in [-0.2, 0) is 22.7 Å². The van der Waals surface area contributed by atoms with Gasteiger partial charge in [-0.1, -0.05) is 12.1 Å². The summed E-state index contributed by atoms with van der Waals surface area (Å²) in [7, 11) is -3.79. The maximum Gasteiger partial charge on any atom is 0.416 e. The molecule has 0 radical (unpaired) electrons. The van der Waals surface area contributed by atoms with E-state index in [1.54, 1.807) is 16.1 Å². The lowest BCUT2D eigenvalue weighted by Crippen LogP contribution is -2.12. The molecule has 0 spiro atoms. The van der Waals surface area contributed by atoms with E-state index in [0.29, 0.717) is 16.5 Å². The molecule has 4 aromatic rings. The molecule has 6 nitrogen and oxygen atoms in total. The third kappa shape index (κ3) is 4.10. The second-order valence-corrected chi connectivity index (χ2v) is 8.74. The summed E-state index contributed by atoms with van der Waals surface area (Å²) in [5.74, 6) is 0. The molecule has 4 rings (SSSR count). The van der Waals surface area contributed by atoms with Gasteiger partial charge in [0.15, 0.2) is 5.13 Å². The monoisotopic (exact) mass is 438 g/mol. The molecule has 2 aromatic heterocycles. The molecule has 0 aliphatic heterocycles. The van der Waals surface area contributed by atoms with Crippen LogP contribution in [0.4, 0.5) is 18.3 Å². The van der Waals surface area contributed by atoms with Crippen molar-refractivity contribution in [2.75, 3.05) is 4.72 Å². The predicted molar refractivity (Wildman–Crippen MR) is 103 cm³/mol. The van der Waals surface area contributed by atoms with Gasteiger partial charge in [-0.2, -0.15) is 18.3 Å². The highest BCUT2D eigenvalue weighted by Gasteiger charge is 2.29. The Balaban J connectivity index is 1.58. The van der Waals surface area contributed by atoms with E-state index in [-0.39, 0.29) is 16.6 Å². The summed E-state index contributed by atoms with van der Waals surface area (Å²) >= 11 is 1.17. The molecular weight excluding hydrogens is 425 g/mol. The van der Waals surface area contributed by atoms with Crippen LogP contribution in [0.15, 0.2) is 65.1 Å². The smallest absolute Gasteiger partial charge is 0.260 e. The number of halogens is 3. The Morgan fingerprint density at radius 1 is 1.10 bits per heavy atom. The number of nitrogens with zero attached hydrogens (tertiary/aromatic N) is 3. The van der Waals surface area contributed by atoms with Crippen LogP contribution in [0.25, 0.3) is 10.9 Å². The lowest BCUT2D eigenvalue weighted by molar-refractivity contribution is -0.137. The van der Waals surface area contributed by atoms with E-state index in [4.69, 9.17) is 0 Å². The molecule has 11 heteroatoms. The Hall–Kier alpha value is -2.92. The topological polar surface area (TPSA) is 76.9 Å². The zero-order valence-corrected chi connectivity index (χ0v) is 16.2. The minimum absolute atomic E-state index is 0.0641. The summed E-state index contributed by atoms with van der Waals surface area (Å²) in [5, 5.41) is 6.75. The van der Waals surface area contributed by atoms with Crippen molar-refractivity contribution in [3.8, 4) is 0 Å². The highest BCUT2D eigenvalue weighted by Crippen LogP contribution is 2.29. The molecular formula is C18H13F3N4O2S2. The highest BCUT2D eigenvalue weighted by atomic mass is 32.2. The van der Waals surface area contributed by atoms with Gasteiger partial charge < -0.3 is 0 Å². The second kappa shape index (κ2) is 7.16. The first-order valence-corrected chi connectivity index (χ1v) is 10.6. The Kier molecular flexibility index (Phi) is 4.79. The third-order valence-electron chi connectivity index (χ3n) is 4.19. The van der Waals surface area contributed by atoms with E-state index < -0.39 is 21.8 Å². The molecule has 0 atom stereocenters. The van der Waals surface area contributed by atoms with Crippen molar-refractivity contribution >= 4 is 37.4 Å². The number of thiazole rings is 1. The average molecular weight is 438 g/mol. The van der Waals surface area contributed by atoms with Gasteiger partial charge in [0.25, 0.3) is 10.0 Å². The number of aromatic nitrogens is 3. The van der Waals surface area contributed by atoms with Crippen molar-refractivity contribution in [2.24, 2.45) is 0 Å². The number of nitrogens with one attached hydrogen (secondary N) is 1. The molecule has 0 saturated carbocycles. The van der Waals surface area contributed by atoms with Gasteiger partial charge in [-0.05, 0) is 35.9 Å². The van der Waals surface area contributed by atoms with E-state index >= 15 is 0 Å². The lowest BCUT2D eigenvalue weighted by Gasteiger charge is -2.09. The molecule has 2 aromatic carbocycles. The Morgan fingerprint density at radius 3 is 2.52 bits per heavy atom. The first kappa shape index (κ1) is 19.4. The Bertz CT molecular complexity index is 1250.